The van der Waals surface area contributed by atoms with Gasteiger partial charge in [-0.15, -0.1) is 0 Å². The van der Waals surface area contributed by atoms with Gasteiger partial charge in [-0.25, -0.2) is 4.79 Å². The molecular weight excluding hydrogens is 389 g/mol. The normalized spacial score (nSPS) is 15.0. The smallest absolute Gasteiger partial charge is 0.416 e. The Labute approximate surface area is 155 Å². The molecule has 1 aliphatic rings. The number of hydrogen-bond donors (Lipinski definition) is 2. The number of carbonyl (C=O) groups is 3. The number of amides is 3. The largest absolute Gasteiger partial charge is 0.451 e. The SMILES string of the molecule is C[C@@H](OC(=O)CNc1ccc(C(F)(F)F)cc1[N+](=O)[O-])C(=O)N1CCNC1=O. The van der Waals surface area contributed by atoms with Crippen molar-refractivity contribution in [2.75, 3.05) is 25.0 Å². The summed E-state index contributed by atoms with van der Waals surface area (Å²) in [4.78, 5) is 46.1. The average molecular weight is 404 g/mol. The lowest BCUT2D eigenvalue weighted by Gasteiger charge is -2.18. The fourth-order valence-corrected chi connectivity index (χ4v) is 2.37. The van der Waals surface area contributed by atoms with Crippen molar-refractivity contribution in [2.45, 2.75) is 19.2 Å². The highest BCUT2D eigenvalue weighted by Crippen LogP contribution is 2.34. The number of alkyl halides is 3. The molecule has 1 atom stereocenters. The molecule has 1 fully saturated rings. The van der Waals surface area contributed by atoms with Crippen LogP contribution in [0.2, 0.25) is 0 Å². The van der Waals surface area contributed by atoms with Gasteiger partial charge in [0.05, 0.1) is 10.5 Å². The molecule has 0 aliphatic carbocycles. The molecule has 0 bridgehead atoms. The first-order chi connectivity index (χ1) is 13.0. The summed E-state index contributed by atoms with van der Waals surface area (Å²) >= 11 is 0. The van der Waals surface area contributed by atoms with Crippen LogP contribution in [0.3, 0.4) is 0 Å². The highest BCUT2D eigenvalue weighted by atomic mass is 19.4. The Morgan fingerprint density at radius 1 is 1.43 bits per heavy atom. The monoisotopic (exact) mass is 404 g/mol. The van der Waals surface area contributed by atoms with Gasteiger partial charge in [0.1, 0.15) is 12.2 Å². The zero-order chi connectivity index (χ0) is 21.1. The molecule has 0 aromatic heterocycles. The Morgan fingerprint density at radius 2 is 2.11 bits per heavy atom. The standard InChI is InChI=1S/C15H15F3N4O6/c1-8(13(24)21-5-4-19-14(21)25)28-12(23)7-20-10-3-2-9(15(16,17)18)6-11(10)22(26)27/h2-3,6,8,20H,4-5,7H2,1H3,(H,19,25)/t8-/m1/s1. The summed E-state index contributed by atoms with van der Waals surface area (Å²) in [7, 11) is 0. The summed E-state index contributed by atoms with van der Waals surface area (Å²) in [6.45, 7) is 0.988. The number of nitrogens with zero attached hydrogens (tertiary/aromatic N) is 2. The van der Waals surface area contributed by atoms with Gasteiger partial charge in [0.15, 0.2) is 6.10 Å². The minimum absolute atomic E-state index is 0.121. The summed E-state index contributed by atoms with van der Waals surface area (Å²) in [6.07, 6.45) is -6.05. The fraction of sp³-hybridized carbons (Fsp3) is 0.400. The highest BCUT2D eigenvalue weighted by molar-refractivity contribution is 5.98. The van der Waals surface area contributed by atoms with E-state index in [2.05, 4.69) is 10.6 Å². The molecule has 1 aromatic rings. The lowest BCUT2D eigenvalue weighted by atomic mass is 10.1. The minimum atomic E-state index is -4.76. The van der Waals surface area contributed by atoms with Crippen molar-refractivity contribution in [2.24, 2.45) is 0 Å². The first-order valence-corrected chi connectivity index (χ1v) is 7.89. The van der Waals surface area contributed by atoms with E-state index in [-0.39, 0.29) is 18.8 Å². The number of esters is 1. The molecule has 0 saturated carbocycles. The molecular formula is C15H15F3N4O6. The van der Waals surface area contributed by atoms with E-state index in [1.165, 1.54) is 6.92 Å². The van der Waals surface area contributed by atoms with E-state index < -0.39 is 52.9 Å². The van der Waals surface area contributed by atoms with Gasteiger partial charge in [0.2, 0.25) is 0 Å². The maximum absolute atomic E-state index is 12.7. The number of urea groups is 1. The van der Waals surface area contributed by atoms with E-state index in [0.717, 1.165) is 11.0 Å². The summed E-state index contributed by atoms with van der Waals surface area (Å²) < 4.78 is 42.9. The Morgan fingerprint density at radius 3 is 2.64 bits per heavy atom. The van der Waals surface area contributed by atoms with E-state index >= 15 is 0 Å². The van der Waals surface area contributed by atoms with Crippen molar-refractivity contribution in [1.29, 1.82) is 0 Å². The van der Waals surface area contributed by atoms with Gasteiger partial charge in [-0.1, -0.05) is 0 Å². The first kappa shape index (κ1) is 20.9. The van der Waals surface area contributed by atoms with Crippen molar-refractivity contribution >= 4 is 29.3 Å². The van der Waals surface area contributed by atoms with E-state index in [0.29, 0.717) is 12.1 Å². The Bertz CT molecular complexity index is 813. The first-order valence-electron chi connectivity index (χ1n) is 7.89. The number of ether oxygens (including phenoxy) is 1. The van der Waals surface area contributed by atoms with Crippen LogP contribution >= 0.6 is 0 Å². The molecule has 1 saturated heterocycles. The third-order valence-corrected chi connectivity index (χ3v) is 3.72. The minimum Gasteiger partial charge on any atom is -0.451 e. The van der Waals surface area contributed by atoms with Crippen LogP contribution in [0.4, 0.5) is 29.3 Å². The molecule has 2 rings (SSSR count). The van der Waals surface area contributed by atoms with Crippen molar-refractivity contribution in [3.05, 3.63) is 33.9 Å². The molecule has 28 heavy (non-hydrogen) atoms. The Balaban J connectivity index is 1.99. The van der Waals surface area contributed by atoms with Crippen molar-refractivity contribution in [3.63, 3.8) is 0 Å². The third-order valence-electron chi connectivity index (χ3n) is 3.72. The average Bonchev–Trinajstić information content (AvgIpc) is 3.04. The van der Waals surface area contributed by atoms with Gasteiger partial charge in [-0.2, -0.15) is 13.2 Å². The van der Waals surface area contributed by atoms with Crippen molar-refractivity contribution in [3.8, 4) is 0 Å². The van der Waals surface area contributed by atoms with Crippen LogP contribution in [0.5, 0.6) is 0 Å². The van der Waals surface area contributed by atoms with Crippen molar-refractivity contribution < 1.29 is 37.2 Å². The summed E-state index contributed by atoms with van der Waals surface area (Å²) in [5, 5.41) is 15.7. The predicted octanol–water partition coefficient (Wildman–Crippen LogP) is 1.51. The summed E-state index contributed by atoms with van der Waals surface area (Å²) in [6, 6.07) is 1.16. The van der Waals surface area contributed by atoms with E-state index in [1.807, 2.05) is 0 Å². The second-order valence-electron chi connectivity index (χ2n) is 5.69. The molecule has 1 aromatic carbocycles. The van der Waals surface area contributed by atoms with Gasteiger partial charge >= 0.3 is 18.2 Å². The van der Waals surface area contributed by atoms with Crippen LogP contribution < -0.4 is 10.6 Å². The maximum Gasteiger partial charge on any atom is 0.416 e. The zero-order valence-corrected chi connectivity index (χ0v) is 14.4. The number of rotatable bonds is 6. The number of imide groups is 1. The van der Waals surface area contributed by atoms with Gasteiger partial charge in [0.25, 0.3) is 11.6 Å². The molecule has 1 aliphatic heterocycles. The number of benzene rings is 1. The fourth-order valence-electron chi connectivity index (χ4n) is 2.37. The second-order valence-corrected chi connectivity index (χ2v) is 5.69. The van der Waals surface area contributed by atoms with E-state index in [4.69, 9.17) is 4.74 Å². The number of nitro groups is 1. The molecule has 152 valence electrons. The van der Waals surface area contributed by atoms with Crippen LogP contribution in [-0.4, -0.2) is 53.5 Å². The Hall–Kier alpha value is -3.38. The highest BCUT2D eigenvalue weighted by Gasteiger charge is 2.34. The number of anilines is 1. The van der Waals surface area contributed by atoms with Crippen LogP contribution in [0.15, 0.2) is 18.2 Å². The molecule has 2 N–H and O–H groups in total. The number of nitro benzene ring substituents is 1. The topological polar surface area (TPSA) is 131 Å². The van der Waals surface area contributed by atoms with Crippen LogP contribution in [-0.2, 0) is 20.5 Å². The molecule has 0 spiro atoms. The van der Waals surface area contributed by atoms with Gasteiger partial charge in [-0.3, -0.25) is 24.6 Å². The lowest BCUT2D eigenvalue weighted by molar-refractivity contribution is -0.384. The summed E-state index contributed by atoms with van der Waals surface area (Å²) in [5.41, 5.74) is -2.41. The second kappa shape index (κ2) is 8.10. The van der Waals surface area contributed by atoms with Gasteiger partial charge in [-0.05, 0) is 19.1 Å². The summed E-state index contributed by atoms with van der Waals surface area (Å²) in [5.74, 6) is -1.74. The number of nitrogens with one attached hydrogen (secondary N) is 2. The van der Waals surface area contributed by atoms with Crippen molar-refractivity contribution in [1.82, 2.24) is 10.2 Å². The lowest BCUT2D eigenvalue weighted by Crippen LogP contribution is -2.42. The number of carbonyl (C=O) groups excluding carboxylic acids is 3. The van der Waals surface area contributed by atoms with Gasteiger partial charge < -0.3 is 15.4 Å². The van der Waals surface area contributed by atoms with Crippen LogP contribution in [0.1, 0.15) is 12.5 Å². The molecule has 13 heteroatoms. The van der Waals surface area contributed by atoms with Crippen LogP contribution in [0, 0.1) is 10.1 Å². The predicted molar refractivity (Wildman–Crippen MR) is 87.3 cm³/mol. The molecule has 0 radical (unpaired) electrons. The number of halogens is 3. The molecule has 1 heterocycles. The molecule has 10 nitrogen and oxygen atoms in total. The Kier molecular flexibility index (Phi) is 6.06. The molecule has 3 amide bonds. The van der Waals surface area contributed by atoms with E-state index in [9.17, 15) is 37.7 Å². The molecule has 0 unspecified atom stereocenters. The van der Waals surface area contributed by atoms with Crippen LogP contribution in [0.25, 0.3) is 0 Å². The van der Waals surface area contributed by atoms with E-state index in [1.54, 1.807) is 0 Å². The number of hydrogen-bond acceptors (Lipinski definition) is 7. The zero-order valence-electron chi connectivity index (χ0n) is 14.4. The van der Waals surface area contributed by atoms with Gasteiger partial charge in [0, 0.05) is 19.2 Å². The quantitative estimate of drug-likeness (QED) is 0.417. The third kappa shape index (κ3) is 4.86. The maximum atomic E-state index is 12.7.